The van der Waals surface area contributed by atoms with E-state index in [1.807, 2.05) is 0 Å². The van der Waals surface area contributed by atoms with Crippen LogP contribution >= 0.6 is 23.2 Å². The molecule has 0 spiro atoms. The van der Waals surface area contributed by atoms with Gasteiger partial charge in [-0.25, -0.2) is 9.79 Å². The van der Waals surface area contributed by atoms with Gasteiger partial charge in [0.15, 0.2) is 0 Å². The molecule has 0 radical (unpaired) electrons. The minimum Gasteiger partial charge on any atom is -0.860 e. The Morgan fingerprint density at radius 2 is 2.00 bits per heavy atom. The second-order valence-electron chi connectivity index (χ2n) is 4.44. The van der Waals surface area contributed by atoms with Crippen LogP contribution in [0.1, 0.15) is 0 Å². The number of carbonyl (C=O) groups excluding carboxylic acids is 1. The van der Waals surface area contributed by atoms with Crippen LogP contribution in [-0.4, -0.2) is 42.1 Å². The van der Waals surface area contributed by atoms with Crippen LogP contribution < -0.4 is 44.9 Å². The van der Waals surface area contributed by atoms with E-state index in [2.05, 4.69) is 15.3 Å². The molecular weight excluding hydrogens is 342 g/mol. The van der Waals surface area contributed by atoms with Crippen molar-refractivity contribution in [1.29, 1.82) is 0 Å². The van der Waals surface area contributed by atoms with Crippen LogP contribution in [-0.2, 0) is 0 Å². The van der Waals surface area contributed by atoms with Gasteiger partial charge in [-0.3, -0.25) is 0 Å². The number of carbonyl (C=O) groups is 1. The van der Waals surface area contributed by atoms with Gasteiger partial charge in [-0.2, -0.15) is 4.99 Å². The Kier molecular flexibility index (Phi) is 5.37. The predicted molar refractivity (Wildman–Crippen MR) is 78.6 cm³/mol. The van der Waals surface area contributed by atoms with Gasteiger partial charge in [0.2, 0.25) is 0 Å². The van der Waals surface area contributed by atoms with Crippen molar-refractivity contribution in [3.63, 3.8) is 0 Å². The maximum atomic E-state index is 11.9. The van der Waals surface area contributed by atoms with Crippen molar-refractivity contribution in [2.24, 2.45) is 9.98 Å². The molecule has 22 heavy (non-hydrogen) atoms. The number of hydrogen-bond acceptors (Lipinski definition) is 5. The molecule has 2 aliphatic heterocycles. The van der Waals surface area contributed by atoms with Crippen LogP contribution in [0.3, 0.4) is 0 Å². The fraction of sp³-hybridized carbons (Fsp3) is 0.250. The SMILES string of the molecule is O=C1N=C([O-])C2Nc3cc(Cl)c(Cl)cc3N(CCO)C2=N1.[Na+]. The number of urea groups is 1. The number of fused-ring (bicyclic) bond motifs is 2. The quantitative estimate of drug-likeness (QED) is 0.594. The zero-order valence-electron chi connectivity index (χ0n) is 11.5. The summed E-state index contributed by atoms with van der Waals surface area (Å²) in [4.78, 5) is 20.0. The minimum absolute atomic E-state index is 0. The number of aliphatic hydroxyl groups excluding tert-OH is 1. The smallest absolute Gasteiger partial charge is 0.860 e. The average molecular weight is 351 g/mol. The predicted octanol–water partition coefficient (Wildman–Crippen LogP) is -2.12. The van der Waals surface area contributed by atoms with Gasteiger partial charge in [-0.15, -0.1) is 0 Å². The molecule has 7 nitrogen and oxygen atoms in total. The van der Waals surface area contributed by atoms with Gasteiger partial charge in [-0.1, -0.05) is 23.2 Å². The molecule has 0 aromatic heterocycles. The molecule has 2 N–H and O–H groups in total. The van der Waals surface area contributed by atoms with E-state index in [0.29, 0.717) is 21.4 Å². The molecular formula is C12H9Cl2N4NaO3. The van der Waals surface area contributed by atoms with E-state index in [1.165, 1.54) is 0 Å². The van der Waals surface area contributed by atoms with Gasteiger partial charge in [0, 0.05) is 6.54 Å². The fourth-order valence-electron chi connectivity index (χ4n) is 2.29. The summed E-state index contributed by atoms with van der Waals surface area (Å²) >= 11 is 12.0. The molecule has 1 atom stereocenters. The Morgan fingerprint density at radius 1 is 1.32 bits per heavy atom. The summed E-state index contributed by atoms with van der Waals surface area (Å²) in [6, 6.07) is 1.42. The van der Waals surface area contributed by atoms with Crippen LogP contribution in [0.5, 0.6) is 0 Å². The molecule has 1 aromatic rings. The summed E-state index contributed by atoms with van der Waals surface area (Å²) in [5, 5.41) is 24.7. The number of aliphatic imine (C=N–C) groups is 2. The van der Waals surface area contributed by atoms with Crippen molar-refractivity contribution in [3.8, 4) is 0 Å². The third-order valence-electron chi connectivity index (χ3n) is 3.15. The summed E-state index contributed by atoms with van der Waals surface area (Å²) in [6.07, 6.45) is 0. The van der Waals surface area contributed by atoms with E-state index in [9.17, 15) is 15.0 Å². The number of halogens is 2. The second kappa shape index (κ2) is 6.74. The maximum Gasteiger partial charge on any atom is 1.00 e. The molecule has 1 aromatic carbocycles. The number of amides is 2. The molecule has 3 rings (SSSR count). The van der Waals surface area contributed by atoms with E-state index >= 15 is 0 Å². The number of hydrogen-bond donors (Lipinski definition) is 2. The summed E-state index contributed by atoms with van der Waals surface area (Å²) in [5.74, 6) is -0.440. The summed E-state index contributed by atoms with van der Waals surface area (Å²) in [6.45, 7) is -0.0342. The number of anilines is 2. The van der Waals surface area contributed by atoms with Crippen LogP contribution in [0.4, 0.5) is 16.2 Å². The number of nitrogens with one attached hydrogen (secondary N) is 1. The van der Waals surface area contributed by atoms with Crippen LogP contribution in [0.25, 0.3) is 0 Å². The molecule has 0 saturated carbocycles. The van der Waals surface area contributed by atoms with Crippen molar-refractivity contribution < 1.29 is 44.6 Å². The van der Waals surface area contributed by atoms with Crippen LogP contribution in [0.15, 0.2) is 22.1 Å². The number of β-amino-alcohol motifs (C(OH)–C–C–N with tert-alkyl or cyclic N) is 1. The molecule has 2 heterocycles. The first-order chi connectivity index (χ1) is 10.0. The molecule has 0 fully saturated rings. The third-order valence-corrected chi connectivity index (χ3v) is 3.87. The van der Waals surface area contributed by atoms with Gasteiger partial charge >= 0.3 is 35.6 Å². The van der Waals surface area contributed by atoms with Gasteiger partial charge in [0.25, 0.3) is 0 Å². The standard InChI is InChI=1S/C12H10Cl2N4O3.Na/c13-5-3-7-8(4-6(5)14)18(1-2-19)10-9(15-7)11(20)17-12(21)16-10;/h3-4,9,15,19H,1-2H2,(H,17,20,21);/q;+1/p-1. The Morgan fingerprint density at radius 3 is 2.68 bits per heavy atom. The van der Waals surface area contributed by atoms with E-state index in [4.69, 9.17) is 23.2 Å². The summed E-state index contributed by atoms with van der Waals surface area (Å²) < 4.78 is 0. The maximum absolute atomic E-state index is 11.9. The third kappa shape index (κ3) is 2.97. The zero-order valence-corrected chi connectivity index (χ0v) is 15.0. The molecule has 0 saturated heterocycles. The van der Waals surface area contributed by atoms with E-state index in [1.54, 1.807) is 17.0 Å². The summed E-state index contributed by atoms with van der Waals surface area (Å²) in [7, 11) is 0. The van der Waals surface area contributed by atoms with Crippen LogP contribution in [0, 0.1) is 0 Å². The average Bonchev–Trinajstić information content (AvgIpc) is 2.42. The minimum atomic E-state index is -0.876. The molecule has 0 aliphatic carbocycles. The molecule has 2 amide bonds. The Bertz CT molecular complexity index is 695. The molecule has 2 aliphatic rings. The fourth-order valence-corrected chi connectivity index (χ4v) is 2.61. The zero-order chi connectivity index (χ0) is 15.1. The number of amidine groups is 1. The monoisotopic (exact) mass is 350 g/mol. The Balaban J connectivity index is 0.00000176. The van der Waals surface area contributed by atoms with Crippen molar-refractivity contribution in [3.05, 3.63) is 22.2 Å². The molecule has 0 bridgehead atoms. The number of nitrogens with zero attached hydrogens (tertiary/aromatic N) is 3. The van der Waals surface area contributed by atoms with Crippen molar-refractivity contribution in [1.82, 2.24) is 0 Å². The van der Waals surface area contributed by atoms with E-state index in [0.717, 1.165) is 0 Å². The summed E-state index contributed by atoms with van der Waals surface area (Å²) in [5.41, 5.74) is 1.13. The first-order valence-electron chi connectivity index (χ1n) is 6.03. The first-order valence-corrected chi connectivity index (χ1v) is 6.79. The Hall–Kier alpha value is -0.830. The van der Waals surface area contributed by atoms with Crippen LogP contribution in [0.2, 0.25) is 10.0 Å². The number of aliphatic hydroxyl groups is 1. The molecule has 10 heteroatoms. The van der Waals surface area contributed by atoms with Gasteiger partial charge in [0.1, 0.15) is 11.9 Å². The Labute approximate surface area is 157 Å². The number of rotatable bonds is 2. The van der Waals surface area contributed by atoms with Gasteiger partial charge in [0.05, 0.1) is 28.0 Å². The number of benzene rings is 1. The van der Waals surface area contributed by atoms with E-state index < -0.39 is 18.0 Å². The normalized spacial score (nSPS) is 19.3. The largest absolute Gasteiger partial charge is 1.00 e. The van der Waals surface area contributed by atoms with Crippen molar-refractivity contribution >= 4 is 52.3 Å². The van der Waals surface area contributed by atoms with Crippen molar-refractivity contribution in [2.45, 2.75) is 6.04 Å². The van der Waals surface area contributed by atoms with Gasteiger partial charge < -0.3 is 20.4 Å². The molecule has 110 valence electrons. The first kappa shape index (κ1) is 17.5. The topological polar surface area (TPSA) is 100 Å². The van der Waals surface area contributed by atoms with Gasteiger partial charge in [-0.05, 0) is 18.0 Å². The molecule has 1 unspecified atom stereocenters. The van der Waals surface area contributed by atoms with Crippen molar-refractivity contribution in [2.75, 3.05) is 23.4 Å². The van der Waals surface area contributed by atoms with E-state index in [-0.39, 0.29) is 48.5 Å². The second-order valence-corrected chi connectivity index (χ2v) is 5.25.